The summed E-state index contributed by atoms with van der Waals surface area (Å²) in [5.74, 6) is -1.61. The van der Waals surface area contributed by atoms with Gasteiger partial charge in [0, 0.05) is 11.6 Å². The van der Waals surface area contributed by atoms with Crippen LogP contribution in [0.15, 0.2) is 54.0 Å². The molecule has 0 spiro atoms. The first kappa shape index (κ1) is 15.1. The monoisotopic (exact) mass is 327 g/mol. The van der Waals surface area contributed by atoms with Crippen LogP contribution in [0.1, 0.15) is 22.2 Å². The molecule has 1 heterocycles. The summed E-state index contributed by atoms with van der Waals surface area (Å²) in [6.45, 7) is 0. The lowest BCUT2D eigenvalue weighted by atomic mass is 10.1. The molecular formula is C17H11F2N3S. The van der Waals surface area contributed by atoms with Crippen LogP contribution in [0.4, 0.5) is 14.5 Å². The zero-order valence-electron chi connectivity index (χ0n) is 11.8. The Kier molecular flexibility index (Phi) is 4.31. The van der Waals surface area contributed by atoms with Crippen LogP contribution in [0.2, 0.25) is 0 Å². The minimum Gasteiger partial charge on any atom is -0.367 e. The summed E-state index contributed by atoms with van der Waals surface area (Å²) in [6, 6.07) is 12.6. The minimum atomic E-state index is -0.806. The number of benzene rings is 2. The molecule has 1 atom stereocenters. The van der Waals surface area contributed by atoms with Crippen molar-refractivity contribution in [3.05, 3.63) is 81.8 Å². The first-order valence-corrected chi connectivity index (χ1v) is 7.67. The second-order valence-corrected chi connectivity index (χ2v) is 5.71. The molecule has 0 bridgehead atoms. The first-order valence-electron chi connectivity index (χ1n) is 6.79. The standard InChI is InChI=1S/C17H11F2N3S/c18-13-8-11(10-20)9-14(19)16(13)22-15(17-21-6-7-23-17)12-4-2-1-3-5-12/h1-9,15,22H. The fraction of sp³-hybridized carbons (Fsp3) is 0.0588. The van der Waals surface area contributed by atoms with Gasteiger partial charge < -0.3 is 5.32 Å². The van der Waals surface area contributed by atoms with E-state index in [4.69, 9.17) is 5.26 Å². The normalized spacial score (nSPS) is 11.7. The van der Waals surface area contributed by atoms with Gasteiger partial charge in [-0.05, 0) is 17.7 Å². The van der Waals surface area contributed by atoms with Crippen LogP contribution >= 0.6 is 11.3 Å². The van der Waals surface area contributed by atoms with E-state index in [1.54, 1.807) is 17.6 Å². The van der Waals surface area contributed by atoms with Crippen molar-refractivity contribution in [2.45, 2.75) is 6.04 Å². The third kappa shape index (κ3) is 3.20. The van der Waals surface area contributed by atoms with Crippen LogP contribution in [0.25, 0.3) is 0 Å². The molecule has 0 aliphatic rings. The minimum absolute atomic E-state index is 0.0592. The SMILES string of the molecule is N#Cc1cc(F)c(NC(c2ccccc2)c2nccs2)c(F)c1. The fourth-order valence-corrected chi connectivity index (χ4v) is 2.94. The number of halogens is 2. The zero-order valence-corrected chi connectivity index (χ0v) is 12.6. The molecule has 0 saturated heterocycles. The second-order valence-electron chi connectivity index (χ2n) is 4.79. The smallest absolute Gasteiger partial charge is 0.150 e. The molecule has 0 aliphatic carbocycles. The summed E-state index contributed by atoms with van der Waals surface area (Å²) >= 11 is 1.39. The number of hydrogen-bond donors (Lipinski definition) is 1. The zero-order chi connectivity index (χ0) is 16.2. The molecule has 0 aliphatic heterocycles. The molecule has 0 saturated carbocycles. The largest absolute Gasteiger partial charge is 0.367 e. The molecular weight excluding hydrogens is 316 g/mol. The molecule has 1 unspecified atom stereocenters. The van der Waals surface area contributed by atoms with Crippen LogP contribution in [0, 0.1) is 23.0 Å². The Hall–Kier alpha value is -2.78. The van der Waals surface area contributed by atoms with Crippen LogP contribution in [-0.2, 0) is 0 Å². The lowest BCUT2D eigenvalue weighted by Crippen LogP contribution is -2.14. The quantitative estimate of drug-likeness (QED) is 0.768. The van der Waals surface area contributed by atoms with Gasteiger partial charge in [0.25, 0.3) is 0 Å². The van der Waals surface area contributed by atoms with Gasteiger partial charge in [-0.25, -0.2) is 13.8 Å². The number of thiazole rings is 1. The topological polar surface area (TPSA) is 48.7 Å². The number of anilines is 1. The molecule has 2 aromatic carbocycles. The molecule has 0 amide bonds. The van der Waals surface area contributed by atoms with Gasteiger partial charge in [0.2, 0.25) is 0 Å². The molecule has 3 nitrogen and oxygen atoms in total. The van der Waals surface area contributed by atoms with Crippen molar-refractivity contribution in [1.82, 2.24) is 4.98 Å². The summed E-state index contributed by atoms with van der Waals surface area (Å²) in [5.41, 5.74) is 0.509. The Morgan fingerprint density at radius 1 is 1.13 bits per heavy atom. The number of hydrogen-bond acceptors (Lipinski definition) is 4. The van der Waals surface area contributed by atoms with E-state index in [-0.39, 0.29) is 11.3 Å². The van der Waals surface area contributed by atoms with Crippen molar-refractivity contribution in [3.63, 3.8) is 0 Å². The van der Waals surface area contributed by atoms with Crippen LogP contribution in [-0.4, -0.2) is 4.98 Å². The van der Waals surface area contributed by atoms with E-state index < -0.39 is 17.7 Å². The van der Waals surface area contributed by atoms with E-state index in [9.17, 15) is 8.78 Å². The molecule has 6 heteroatoms. The summed E-state index contributed by atoms with van der Waals surface area (Å²) in [5, 5.41) is 14.1. The molecule has 0 radical (unpaired) electrons. The van der Waals surface area contributed by atoms with Gasteiger partial charge in [0.1, 0.15) is 16.7 Å². The van der Waals surface area contributed by atoms with E-state index in [1.807, 2.05) is 30.3 Å². The Morgan fingerprint density at radius 3 is 2.39 bits per heavy atom. The maximum atomic E-state index is 14.1. The van der Waals surface area contributed by atoms with Gasteiger partial charge in [0.05, 0.1) is 11.6 Å². The molecule has 1 aromatic heterocycles. The van der Waals surface area contributed by atoms with Gasteiger partial charge in [0.15, 0.2) is 11.6 Å². The van der Waals surface area contributed by atoms with Gasteiger partial charge in [-0.3, -0.25) is 0 Å². The number of nitrogens with zero attached hydrogens (tertiary/aromatic N) is 2. The van der Waals surface area contributed by atoms with E-state index in [1.165, 1.54) is 11.3 Å². The average molecular weight is 327 g/mol. The van der Waals surface area contributed by atoms with Crippen molar-refractivity contribution in [2.75, 3.05) is 5.32 Å². The van der Waals surface area contributed by atoms with Gasteiger partial charge >= 0.3 is 0 Å². The highest BCUT2D eigenvalue weighted by Gasteiger charge is 2.20. The Bertz CT molecular complexity index is 819. The van der Waals surface area contributed by atoms with E-state index >= 15 is 0 Å². The number of nitrogens with one attached hydrogen (secondary N) is 1. The summed E-state index contributed by atoms with van der Waals surface area (Å²) < 4.78 is 28.3. The summed E-state index contributed by atoms with van der Waals surface area (Å²) in [7, 11) is 0. The second kappa shape index (κ2) is 6.55. The fourth-order valence-electron chi connectivity index (χ4n) is 2.23. The molecule has 3 aromatic rings. The van der Waals surface area contributed by atoms with Gasteiger partial charge in [-0.1, -0.05) is 30.3 Å². The van der Waals surface area contributed by atoms with E-state index in [0.717, 1.165) is 17.7 Å². The predicted molar refractivity (Wildman–Crippen MR) is 85.1 cm³/mol. The predicted octanol–water partition coefficient (Wildman–Crippen LogP) is 4.49. The van der Waals surface area contributed by atoms with Crippen LogP contribution < -0.4 is 5.32 Å². The van der Waals surface area contributed by atoms with Gasteiger partial charge in [-0.2, -0.15) is 5.26 Å². The Morgan fingerprint density at radius 2 is 1.83 bits per heavy atom. The van der Waals surface area contributed by atoms with E-state index in [0.29, 0.717) is 5.01 Å². The number of nitriles is 1. The highest BCUT2D eigenvalue weighted by Crippen LogP contribution is 2.31. The lowest BCUT2D eigenvalue weighted by molar-refractivity contribution is 0.585. The molecule has 23 heavy (non-hydrogen) atoms. The summed E-state index contributed by atoms with van der Waals surface area (Å²) in [4.78, 5) is 4.24. The van der Waals surface area contributed by atoms with Crippen molar-refractivity contribution in [1.29, 1.82) is 5.26 Å². The van der Waals surface area contributed by atoms with Crippen molar-refractivity contribution < 1.29 is 8.78 Å². The third-order valence-electron chi connectivity index (χ3n) is 3.29. The van der Waals surface area contributed by atoms with Crippen molar-refractivity contribution in [3.8, 4) is 6.07 Å². The van der Waals surface area contributed by atoms with Crippen molar-refractivity contribution >= 4 is 17.0 Å². The van der Waals surface area contributed by atoms with Crippen LogP contribution in [0.3, 0.4) is 0 Å². The first-order chi connectivity index (χ1) is 11.2. The summed E-state index contributed by atoms with van der Waals surface area (Å²) in [6.07, 6.45) is 1.64. The lowest BCUT2D eigenvalue weighted by Gasteiger charge is -2.19. The number of aromatic nitrogens is 1. The van der Waals surface area contributed by atoms with E-state index in [2.05, 4.69) is 10.3 Å². The Balaban J connectivity index is 2.02. The van der Waals surface area contributed by atoms with Gasteiger partial charge in [-0.15, -0.1) is 11.3 Å². The maximum absolute atomic E-state index is 14.1. The average Bonchev–Trinajstić information content (AvgIpc) is 3.09. The molecule has 0 fully saturated rings. The van der Waals surface area contributed by atoms with Crippen LogP contribution in [0.5, 0.6) is 0 Å². The highest BCUT2D eigenvalue weighted by atomic mass is 32.1. The molecule has 1 N–H and O–H groups in total. The highest BCUT2D eigenvalue weighted by molar-refractivity contribution is 7.09. The number of rotatable bonds is 4. The molecule has 3 rings (SSSR count). The third-order valence-corrected chi connectivity index (χ3v) is 4.13. The maximum Gasteiger partial charge on any atom is 0.150 e. The van der Waals surface area contributed by atoms with Crippen molar-refractivity contribution in [2.24, 2.45) is 0 Å². The molecule has 114 valence electrons. The Labute approximate surface area is 135 Å².